The predicted octanol–water partition coefficient (Wildman–Crippen LogP) is 4.35. The summed E-state index contributed by atoms with van der Waals surface area (Å²) in [4.78, 5) is 38.3. The molecule has 0 radical (unpaired) electrons. The van der Waals surface area contributed by atoms with Gasteiger partial charge in [0, 0.05) is 55.8 Å². The number of hydrogen-bond donors (Lipinski definition) is 4. The molecule has 0 bridgehead atoms. The molecule has 6 aliphatic heterocycles. The van der Waals surface area contributed by atoms with Crippen LogP contribution in [0.1, 0.15) is 49.7 Å². The number of amides is 2. The number of benzene rings is 4. The summed E-state index contributed by atoms with van der Waals surface area (Å²) in [5, 5.41) is 17.0. The number of rotatable bonds is 2. The van der Waals surface area contributed by atoms with E-state index in [9.17, 15) is 27.2 Å². The van der Waals surface area contributed by atoms with Gasteiger partial charge in [0.1, 0.15) is 22.7 Å². The quantitative estimate of drug-likeness (QED) is 0.166. The van der Waals surface area contributed by atoms with Crippen molar-refractivity contribution in [2.45, 2.75) is 60.8 Å². The number of hydrogen-bond acceptors (Lipinski definition) is 12. The highest BCUT2D eigenvalue weighted by Gasteiger charge is 2.60. The van der Waals surface area contributed by atoms with Gasteiger partial charge in [-0.3, -0.25) is 19.4 Å². The van der Waals surface area contributed by atoms with Crippen LogP contribution in [0.5, 0.6) is 11.5 Å². The topological polar surface area (TPSA) is 195 Å². The molecular weight excluding hydrogens is 907 g/mol. The zero-order valence-corrected chi connectivity index (χ0v) is 36.3. The van der Waals surface area contributed by atoms with Crippen LogP contribution in [0.3, 0.4) is 0 Å². The van der Waals surface area contributed by atoms with Crippen molar-refractivity contribution in [2.24, 2.45) is 21.5 Å². The van der Waals surface area contributed by atoms with Crippen LogP contribution in [0.15, 0.2) is 87.3 Å². The van der Waals surface area contributed by atoms with Gasteiger partial charge in [-0.2, -0.15) is 0 Å². The summed E-state index contributed by atoms with van der Waals surface area (Å²) in [5.74, 6) is -2.70. The number of nitrogens with zero attached hydrogens (tertiary/aromatic N) is 4. The molecule has 6 N–H and O–H groups in total. The van der Waals surface area contributed by atoms with Gasteiger partial charge in [-0.05, 0) is 96.9 Å². The minimum atomic E-state index is -1.76. The predicted molar refractivity (Wildman–Crippen MR) is 230 cm³/mol. The standard InChI is InChI=1S/C22H21F2N3O3.C16H18BrN3O3.C6H5BF2O2/c1-27-19(28)22(26-20(27)25)11-21(7-2-8-29-12-21)30-18-6-4-13(9-15(18)22)14-3-5-16(23)17(24)10-14;1-20-13(21)16(19-14(20)18)8-15(5-2-6-22-9-15)23-12-4-3-10(17)7-11(12)16;8-5-2-1-4(7(10)11)3-6(5)9/h3-6,9-10H,2,7-8,11-12H2,1H3,(H2,25,26);3-4,7H,2,5-6,8-9H2,1H3,(H2,18,19);1-3,10-11H. The number of likely N-dealkylation sites (N-methyl/N-ethyl adjacent to an activating group) is 2. The van der Waals surface area contributed by atoms with Crippen LogP contribution in [0.25, 0.3) is 11.1 Å². The van der Waals surface area contributed by atoms with Crippen molar-refractivity contribution in [3.05, 3.63) is 112 Å². The van der Waals surface area contributed by atoms with Crippen LogP contribution in [0.4, 0.5) is 17.6 Å². The number of halogens is 5. The minimum absolute atomic E-state index is 0.0658. The number of nitrogens with two attached hydrogens (primary N) is 2. The molecule has 6 heterocycles. The van der Waals surface area contributed by atoms with E-state index in [-0.39, 0.29) is 29.2 Å². The van der Waals surface area contributed by atoms with E-state index in [0.717, 1.165) is 72.7 Å². The summed E-state index contributed by atoms with van der Waals surface area (Å²) in [6, 6.07) is 17.3. The second kappa shape index (κ2) is 17.1. The average molecular weight is 952 g/mol. The lowest BCUT2D eigenvalue weighted by Gasteiger charge is -2.46. The van der Waals surface area contributed by atoms with Crippen molar-refractivity contribution >= 4 is 52.2 Å². The van der Waals surface area contributed by atoms with E-state index in [1.54, 1.807) is 32.3 Å². The van der Waals surface area contributed by atoms with Crippen LogP contribution < -0.4 is 26.4 Å². The van der Waals surface area contributed by atoms with Gasteiger partial charge in [0.15, 0.2) is 46.3 Å². The van der Waals surface area contributed by atoms with E-state index >= 15 is 0 Å². The largest absolute Gasteiger partial charge is 0.488 e. The number of aliphatic imine (C=N–C) groups is 2. The van der Waals surface area contributed by atoms with Crippen LogP contribution >= 0.6 is 15.9 Å². The van der Waals surface area contributed by atoms with Gasteiger partial charge >= 0.3 is 7.12 Å². The van der Waals surface area contributed by atoms with E-state index in [1.807, 2.05) is 18.2 Å². The third kappa shape index (κ3) is 8.10. The SMILES string of the molecule is CN1C(=O)C2(CC3(CCCOC3)Oc3ccc(-c4ccc(F)c(F)c4)cc32)N=C1N.CN1C(=O)C2(CC3(CCCOC3)Oc3ccc(Br)cc32)N=C1N.OB(O)c1ccc(F)c(F)c1. The third-order valence-electron chi connectivity index (χ3n) is 12.3. The van der Waals surface area contributed by atoms with Crippen molar-refractivity contribution in [3.8, 4) is 22.6 Å². The molecule has 0 saturated carbocycles. The molecule has 0 aliphatic carbocycles. The Labute approximate surface area is 374 Å². The lowest BCUT2D eigenvalue weighted by molar-refractivity contribution is -0.139. The first-order valence-corrected chi connectivity index (χ1v) is 21.2. The molecule has 64 heavy (non-hydrogen) atoms. The Hall–Kier alpha value is -5.54. The molecule has 336 valence electrons. The molecule has 6 aliphatic rings. The third-order valence-corrected chi connectivity index (χ3v) is 12.8. The Morgan fingerprint density at radius 2 is 1.12 bits per heavy atom. The Balaban J connectivity index is 0.000000145. The molecule has 14 nitrogen and oxygen atoms in total. The molecule has 4 spiro atoms. The molecule has 2 amide bonds. The zero-order chi connectivity index (χ0) is 45.8. The first-order chi connectivity index (χ1) is 30.4. The summed E-state index contributed by atoms with van der Waals surface area (Å²) in [7, 11) is 1.49. The first kappa shape index (κ1) is 45.0. The van der Waals surface area contributed by atoms with Gasteiger partial charge in [0.2, 0.25) is 0 Å². The number of ether oxygens (including phenoxy) is 4. The molecule has 0 aromatic heterocycles. The fraction of sp³-hybridized carbons (Fsp3) is 0.364. The van der Waals surface area contributed by atoms with Crippen LogP contribution in [0.2, 0.25) is 0 Å². The number of carbonyl (C=O) groups is 2. The highest BCUT2D eigenvalue weighted by atomic mass is 79.9. The average Bonchev–Trinajstić information content (AvgIpc) is 3.61. The number of fused-ring (bicyclic) bond motifs is 4. The molecule has 4 atom stereocenters. The summed E-state index contributed by atoms with van der Waals surface area (Å²) < 4.78 is 76.6. The Morgan fingerprint density at radius 1 is 0.656 bits per heavy atom. The molecule has 4 aromatic rings. The highest BCUT2D eigenvalue weighted by Crippen LogP contribution is 2.53. The maximum atomic E-state index is 13.8. The Bertz CT molecular complexity index is 2580. The van der Waals surface area contributed by atoms with Crippen molar-refractivity contribution in [1.82, 2.24) is 9.80 Å². The summed E-state index contributed by atoms with van der Waals surface area (Å²) in [5.41, 5.74) is 10.9. The smallest absolute Gasteiger partial charge is 0.484 e. The Morgan fingerprint density at radius 3 is 1.58 bits per heavy atom. The first-order valence-electron chi connectivity index (χ1n) is 20.4. The summed E-state index contributed by atoms with van der Waals surface area (Å²) in [6.45, 7) is 2.21. The van der Waals surface area contributed by atoms with Gasteiger partial charge in [-0.25, -0.2) is 27.5 Å². The molecule has 10 rings (SSSR count). The Kier molecular flexibility index (Phi) is 12.0. The monoisotopic (exact) mass is 950 g/mol. The van der Waals surface area contributed by atoms with Crippen LogP contribution in [-0.2, 0) is 30.1 Å². The molecular formula is C44H44BBrF4N6O8. The zero-order valence-electron chi connectivity index (χ0n) is 34.8. The van der Waals surface area contributed by atoms with Gasteiger partial charge in [-0.15, -0.1) is 0 Å². The number of guanidine groups is 2. The summed E-state index contributed by atoms with van der Waals surface area (Å²) in [6.07, 6.45) is 4.07. The maximum absolute atomic E-state index is 13.8. The lowest BCUT2D eigenvalue weighted by Crippen LogP contribution is -2.55. The molecule has 4 unspecified atom stereocenters. The van der Waals surface area contributed by atoms with E-state index < -0.39 is 52.7 Å². The number of carbonyl (C=O) groups excluding carboxylic acids is 2. The second-order valence-corrected chi connectivity index (χ2v) is 17.6. The summed E-state index contributed by atoms with van der Waals surface area (Å²) >= 11 is 3.47. The fourth-order valence-electron chi connectivity index (χ4n) is 9.12. The van der Waals surface area contributed by atoms with Crippen molar-refractivity contribution in [1.29, 1.82) is 0 Å². The normalized spacial score (nSPS) is 26.6. The highest BCUT2D eigenvalue weighted by molar-refractivity contribution is 9.10. The maximum Gasteiger partial charge on any atom is 0.488 e. The molecule has 20 heteroatoms. The van der Waals surface area contributed by atoms with Crippen LogP contribution in [0, 0.1) is 23.3 Å². The van der Waals surface area contributed by atoms with Gasteiger partial charge in [0.05, 0.1) is 13.2 Å². The van der Waals surface area contributed by atoms with Crippen molar-refractivity contribution in [3.63, 3.8) is 0 Å². The van der Waals surface area contributed by atoms with Crippen LogP contribution in [-0.4, -0.2) is 102 Å². The van der Waals surface area contributed by atoms with E-state index in [4.69, 9.17) is 40.5 Å². The lowest BCUT2D eigenvalue weighted by atomic mass is 9.74. The fourth-order valence-corrected chi connectivity index (χ4v) is 9.48. The molecule has 2 saturated heterocycles. The van der Waals surface area contributed by atoms with Crippen molar-refractivity contribution in [2.75, 3.05) is 40.5 Å². The van der Waals surface area contributed by atoms with Gasteiger partial charge in [0.25, 0.3) is 11.8 Å². The van der Waals surface area contributed by atoms with Gasteiger partial charge in [-0.1, -0.05) is 34.1 Å². The second-order valence-electron chi connectivity index (χ2n) is 16.7. The minimum Gasteiger partial charge on any atom is -0.484 e. The van der Waals surface area contributed by atoms with E-state index in [2.05, 4.69) is 25.9 Å². The molecule has 4 aromatic carbocycles. The van der Waals surface area contributed by atoms with E-state index in [0.29, 0.717) is 60.9 Å². The van der Waals surface area contributed by atoms with Gasteiger partial charge < -0.3 is 40.5 Å². The van der Waals surface area contributed by atoms with E-state index in [1.165, 1.54) is 15.9 Å². The molecule has 2 fully saturated rings. The van der Waals surface area contributed by atoms with Crippen molar-refractivity contribution < 1.29 is 56.1 Å².